The maximum Gasteiger partial charge on any atom is 0.240 e. The van der Waals surface area contributed by atoms with Gasteiger partial charge < -0.3 is 14.4 Å². The zero-order chi connectivity index (χ0) is 20.1. The second-order valence-corrected chi connectivity index (χ2v) is 8.54. The van der Waals surface area contributed by atoms with E-state index >= 15 is 0 Å². The molecule has 0 atom stereocenters. The van der Waals surface area contributed by atoms with Crippen LogP contribution in [-0.4, -0.2) is 57.8 Å². The van der Waals surface area contributed by atoms with Gasteiger partial charge in [0.2, 0.25) is 15.9 Å². The number of ether oxygens (including phenoxy) is 2. The molecule has 0 aliphatic carbocycles. The Kier molecular flexibility index (Phi) is 6.71. The lowest BCUT2D eigenvalue weighted by atomic mass is 10.2. The highest BCUT2D eigenvalue weighted by molar-refractivity contribution is 7.89. The van der Waals surface area contributed by atoms with Crippen molar-refractivity contribution < 1.29 is 17.9 Å². The van der Waals surface area contributed by atoms with Gasteiger partial charge in [-0.2, -0.15) is 4.98 Å². The van der Waals surface area contributed by atoms with Crippen LogP contribution in [0.5, 0.6) is 5.88 Å². The molecule has 152 valence electrons. The predicted molar refractivity (Wildman–Crippen MR) is 107 cm³/mol. The fourth-order valence-corrected chi connectivity index (χ4v) is 4.34. The van der Waals surface area contributed by atoms with Gasteiger partial charge in [-0.15, -0.1) is 0 Å². The molecule has 1 saturated heterocycles. The molecule has 28 heavy (non-hydrogen) atoms. The summed E-state index contributed by atoms with van der Waals surface area (Å²) < 4.78 is 38.4. The van der Waals surface area contributed by atoms with E-state index in [4.69, 9.17) is 21.1 Å². The molecule has 10 heteroatoms. The standard InChI is InChI=1S/C18H23ClN4O4S/c1-13-3-4-15(19)11-16(13)28(24,25)20-5-8-27-18-12-17(21-14(2)22-18)23-6-9-26-10-7-23/h3-4,11-12,20H,5-10H2,1-2H3. The Hall–Kier alpha value is -1.94. The number of aromatic nitrogens is 2. The third-order valence-corrected chi connectivity index (χ3v) is 6.06. The number of aryl methyl sites for hydroxylation is 2. The second kappa shape index (κ2) is 9.04. The Morgan fingerprint density at radius 2 is 1.96 bits per heavy atom. The number of hydrogen-bond donors (Lipinski definition) is 1. The van der Waals surface area contributed by atoms with Gasteiger partial charge in [-0.05, 0) is 31.5 Å². The minimum atomic E-state index is -3.67. The Bertz CT molecular complexity index is 933. The van der Waals surface area contributed by atoms with Crippen molar-refractivity contribution in [1.29, 1.82) is 0 Å². The number of rotatable bonds is 7. The van der Waals surface area contributed by atoms with Crippen molar-refractivity contribution in [3.05, 3.63) is 40.7 Å². The zero-order valence-electron chi connectivity index (χ0n) is 15.8. The summed E-state index contributed by atoms with van der Waals surface area (Å²) in [5.74, 6) is 1.78. The molecule has 0 unspecified atom stereocenters. The molecule has 0 amide bonds. The fraction of sp³-hybridized carbons (Fsp3) is 0.444. The number of anilines is 1. The van der Waals surface area contributed by atoms with Crippen molar-refractivity contribution in [2.24, 2.45) is 0 Å². The van der Waals surface area contributed by atoms with E-state index in [0.29, 0.717) is 35.5 Å². The van der Waals surface area contributed by atoms with E-state index in [1.807, 2.05) is 0 Å². The van der Waals surface area contributed by atoms with Crippen molar-refractivity contribution >= 4 is 27.4 Å². The van der Waals surface area contributed by atoms with E-state index in [1.54, 1.807) is 32.0 Å². The fourth-order valence-electron chi connectivity index (χ4n) is 2.83. The molecule has 0 bridgehead atoms. The first kappa shape index (κ1) is 20.8. The van der Waals surface area contributed by atoms with Gasteiger partial charge in [-0.1, -0.05) is 17.7 Å². The van der Waals surface area contributed by atoms with Gasteiger partial charge in [-0.25, -0.2) is 18.1 Å². The quantitative estimate of drug-likeness (QED) is 0.676. The van der Waals surface area contributed by atoms with Gasteiger partial charge in [0, 0.05) is 30.7 Å². The maximum absolute atomic E-state index is 12.5. The lowest BCUT2D eigenvalue weighted by Gasteiger charge is -2.28. The van der Waals surface area contributed by atoms with Crippen molar-refractivity contribution in [2.45, 2.75) is 18.7 Å². The molecular weight excluding hydrogens is 404 g/mol. The van der Waals surface area contributed by atoms with E-state index in [0.717, 1.165) is 18.9 Å². The molecule has 2 heterocycles. The highest BCUT2D eigenvalue weighted by Crippen LogP contribution is 2.20. The van der Waals surface area contributed by atoms with Crippen LogP contribution in [0.2, 0.25) is 5.02 Å². The Balaban J connectivity index is 1.59. The van der Waals surface area contributed by atoms with Crippen LogP contribution in [0.1, 0.15) is 11.4 Å². The topological polar surface area (TPSA) is 93.6 Å². The van der Waals surface area contributed by atoms with Crippen LogP contribution in [0.4, 0.5) is 5.82 Å². The summed E-state index contributed by atoms with van der Waals surface area (Å²) >= 11 is 5.91. The molecule has 0 spiro atoms. The third-order valence-electron chi connectivity index (χ3n) is 4.22. The van der Waals surface area contributed by atoms with Crippen LogP contribution in [0.25, 0.3) is 0 Å². The Morgan fingerprint density at radius 3 is 2.71 bits per heavy atom. The Morgan fingerprint density at radius 1 is 1.21 bits per heavy atom. The number of benzene rings is 1. The summed E-state index contributed by atoms with van der Waals surface area (Å²) in [5.41, 5.74) is 0.624. The van der Waals surface area contributed by atoms with Crippen molar-refractivity contribution in [3.8, 4) is 5.88 Å². The molecule has 0 saturated carbocycles. The van der Waals surface area contributed by atoms with Crippen LogP contribution in [-0.2, 0) is 14.8 Å². The van der Waals surface area contributed by atoms with Crippen LogP contribution in [0.3, 0.4) is 0 Å². The largest absolute Gasteiger partial charge is 0.476 e. The first-order valence-electron chi connectivity index (χ1n) is 8.92. The normalized spacial score (nSPS) is 14.9. The first-order valence-corrected chi connectivity index (χ1v) is 10.8. The molecule has 8 nitrogen and oxygen atoms in total. The van der Waals surface area contributed by atoms with Crippen molar-refractivity contribution in [1.82, 2.24) is 14.7 Å². The van der Waals surface area contributed by atoms with Crippen molar-refractivity contribution in [3.63, 3.8) is 0 Å². The minimum absolute atomic E-state index is 0.101. The zero-order valence-corrected chi connectivity index (χ0v) is 17.4. The van der Waals surface area contributed by atoms with E-state index in [1.165, 1.54) is 6.07 Å². The lowest BCUT2D eigenvalue weighted by molar-refractivity contribution is 0.122. The summed E-state index contributed by atoms with van der Waals surface area (Å²) in [4.78, 5) is 11.0. The Labute approximate surface area is 169 Å². The molecule has 1 aliphatic rings. The molecule has 1 aliphatic heterocycles. The average molecular weight is 427 g/mol. The molecular formula is C18H23ClN4O4S. The number of nitrogens with one attached hydrogen (secondary N) is 1. The summed E-state index contributed by atoms with van der Waals surface area (Å²) in [7, 11) is -3.67. The van der Waals surface area contributed by atoms with Gasteiger partial charge in [0.05, 0.1) is 18.1 Å². The lowest BCUT2D eigenvalue weighted by Crippen LogP contribution is -2.37. The summed E-state index contributed by atoms with van der Waals surface area (Å²) in [6, 6.07) is 6.52. The first-order chi connectivity index (χ1) is 13.3. The SMILES string of the molecule is Cc1nc(OCCNS(=O)(=O)c2cc(Cl)ccc2C)cc(N2CCOCC2)n1. The monoisotopic (exact) mass is 426 g/mol. The number of halogens is 1. The molecule has 3 rings (SSSR count). The summed E-state index contributed by atoms with van der Waals surface area (Å²) in [5, 5.41) is 0.370. The van der Waals surface area contributed by atoms with E-state index in [2.05, 4.69) is 19.6 Å². The number of hydrogen-bond acceptors (Lipinski definition) is 7. The molecule has 0 radical (unpaired) electrons. The van der Waals surface area contributed by atoms with Crippen LogP contribution >= 0.6 is 11.6 Å². The predicted octanol–water partition coefficient (Wildman–Crippen LogP) is 1.94. The van der Waals surface area contributed by atoms with Crippen LogP contribution in [0, 0.1) is 13.8 Å². The minimum Gasteiger partial charge on any atom is -0.476 e. The van der Waals surface area contributed by atoms with Crippen LogP contribution < -0.4 is 14.4 Å². The highest BCUT2D eigenvalue weighted by Gasteiger charge is 2.17. The number of morpholine rings is 1. The molecule has 1 N–H and O–H groups in total. The van der Waals surface area contributed by atoms with E-state index in [-0.39, 0.29) is 18.0 Å². The third kappa shape index (κ3) is 5.32. The number of nitrogens with zero attached hydrogens (tertiary/aromatic N) is 3. The number of sulfonamides is 1. The molecule has 1 aromatic heterocycles. The van der Waals surface area contributed by atoms with Gasteiger partial charge in [0.1, 0.15) is 18.2 Å². The van der Waals surface area contributed by atoms with Gasteiger partial charge in [-0.3, -0.25) is 0 Å². The maximum atomic E-state index is 12.5. The summed E-state index contributed by atoms with van der Waals surface area (Å²) in [6.45, 7) is 6.58. The average Bonchev–Trinajstić information content (AvgIpc) is 2.67. The van der Waals surface area contributed by atoms with Gasteiger partial charge in [0.15, 0.2) is 0 Å². The molecule has 2 aromatic rings. The van der Waals surface area contributed by atoms with Crippen LogP contribution in [0.15, 0.2) is 29.2 Å². The van der Waals surface area contributed by atoms with Gasteiger partial charge in [0.25, 0.3) is 0 Å². The summed E-state index contributed by atoms with van der Waals surface area (Å²) in [6.07, 6.45) is 0. The van der Waals surface area contributed by atoms with Gasteiger partial charge >= 0.3 is 0 Å². The van der Waals surface area contributed by atoms with E-state index in [9.17, 15) is 8.42 Å². The van der Waals surface area contributed by atoms with Crippen molar-refractivity contribution in [2.75, 3.05) is 44.4 Å². The second-order valence-electron chi connectivity index (χ2n) is 6.37. The molecule has 1 fully saturated rings. The smallest absolute Gasteiger partial charge is 0.240 e. The van der Waals surface area contributed by atoms with E-state index < -0.39 is 10.0 Å². The molecule has 1 aromatic carbocycles. The highest BCUT2D eigenvalue weighted by atomic mass is 35.5.